The molecule has 0 aliphatic heterocycles. The van der Waals surface area contributed by atoms with Crippen LogP contribution in [0.3, 0.4) is 0 Å². The quantitative estimate of drug-likeness (QED) is 0.822. The van der Waals surface area contributed by atoms with Crippen LogP contribution in [-0.2, 0) is 0 Å². The van der Waals surface area contributed by atoms with Crippen LogP contribution in [0.2, 0.25) is 0 Å². The van der Waals surface area contributed by atoms with Crippen LogP contribution in [0.1, 0.15) is 34.4 Å². The fourth-order valence-electron chi connectivity index (χ4n) is 2.64. The van der Waals surface area contributed by atoms with Gasteiger partial charge in [-0.05, 0) is 44.3 Å². The zero-order valence-corrected chi connectivity index (χ0v) is 14.5. The Morgan fingerprint density at radius 1 is 1.00 bits per heavy atom. The van der Waals surface area contributed by atoms with Gasteiger partial charge in [0.05, 0.1) is 17.7 Å². The molecule has 0 aliphatic carbocycles. The number of rotatable bonds is 7. The van der Waals surface area contributed by atoms with Gasteiger partial charge >= 0.3 is 0 Å². The SMILES string of the molecule is Cc1ccc(C(CNCC(O)c2ccc(C#N)cc2)N(C)C)cc1. The van der Waals surface area contributed by atoms with Gasteiger partial charge in [-0.2, -0.15) is 5.26 Å². The molecule has 2 aromatic carbocycles. The van der Waals surface area contributed by atoms with E-state index < -0.39 is 6.10 Å². The van der Waals surface area contributed by atoms with Crippen LogP contribution in [0.25, 0.3) is 0 Å². The van der Waals surface area contributed by atoms with Crippen molar-refractivity contribution in [3.05, 3.63) is 70.8 Å². The number of benzene rings is 2. The number of aryl methyl sites for hydroxylation is 1. The summed E-state index contributed by atoms with van der Waals surface area (Å²) >= 11 is 0. The van der Waals surface area contributed by atoms with Crippen LogP contribution >= 0.6 is 0 Å². The van der Waals surface area contributed by atoms with Gasteiger partial charge in [0.2, 0.25) is 0 Å². The third-order valence-electron chi connectivity index (χ3n) is 4.19. The van der Waals surface area contributed by atoms with E-state index in [0.29, 0.717) is 12.1 Å². The average Bonchev–Trinajstić information content (AvgIpc) is 2.59. The topological polar surface area (TPSA) is 59.3 Å². The summed E-state index contributed by atoms with van der Waals surface area (Å²) in [7, 11) is 4.12. The lowest BCUT2D eigenvalue weighted by molar-refractivity contribution is 0.169. The molecular formula is C20H25N3O. The van der Waals surface area contributed by atoms with Crippen LogP contribution in [-0.4, -0.2) is 37.2 Å². The molecule has 0 amide bonds. The van der Waals surface area contributed by atoms with Crippen molar-refractivity contribution in [1.29, 1.82) is 5.26 Å². The molecule has 2 aromatic rings. The first kappa shape index (κ1) is 18.2. The van der Waals surface area contributed by atoms with Crippen LogP contribution in [0.4, 0.5) is 0 Å². The monoisotopic (exact) mass is 323 g/mol. The highest BCUT2D eigenvalue weighted by molar-refractivity contribution is 5.32. The maximum atomic E-state index is 10.3. The first-order valence-electron chi connectivity index (χ1n) is 8.13. The van der Waals surface area contributed by atoms with Crippen molar-refractivity contribution >= 4 is 0 Å². The highest BCUT2D eigenvalue weighted by atomic mass is 16.3. The number of aliphatic hydroxyl groups excluding tert-OH is 1. The summed E-state index contributed by atoms with van der Waals surface area (Å²) in [5.41, 5.74) is 3.93. The number of likely N-dealkylation sites (N-methyl/N-ethyl adjacent to an activating group) is 1. The van der Waals surface area contributed by atoms with E-state index >= 15 is 0 Å². The molecule has 0 heterocycles. The maximum absolute atomic E-state index is 10.3. The van der Waals surface area contributed by atoms with E-state index in [4.69, 9.17) is 5.26 Å². The van der Waals surface area contributed by atoms with Gasteiger partial charge in [-0.3, -0.25) is 0 Å². The lowest BCUT2D eigenvalue weighted by Crippen LogP contribution is -2.33. The predicted octanol–water partition coefficient (Wildman–Crippen LogP) is 2.79. The zero-order valence-electron chi connectivity index (χ0n) is 14.5. The Kier molecular flexibility index (Phi) is 6.51. The number of hydrogen-bond acceptors (Lipinski definition) is 4. The molecular weight excluding hydrogens is 298 g/mol. The van der Waals surface area contributed by atoms with Crippen molar-refractivity contribution in [3.8, 4) is 6.07 Å². The van der Waals surface area contributed by atoms with Crippen LogP contribution in [0, 0.1) is 18.3 Å². The van der Waals surface area contributed by atoms with Gasteiger partial charge in [-0.15, -0.1) is 0 Å². The van der Waals surface area contributed by atoms with Crippen LogP contribution in [0.15, 0.2) is 48.5 Å². The molecule has 126 valence electrons. The van der Waals surface area contributed by atoms with Crippen molar-refractivity contribution in [2.75, 3.05) is 27.2 Å². The summed E-state index contributed by atoms with van der Waals surface area (Å²) in [6.45, 7) is 3.31. The molecule has 4 nitrogen and oxygen atoms in total. The fraction of sp³-hybridized carbons (Fsp3) is 0.350. The third-order valence-corrected chi connectivity index (χ3v) is 4.19. The third kappa shape index (κ3) is 4.90. The van der Waals surface area contributed by atoms with Crippen molar-refractivity contribution in [3.63, 3.8) is 0 Å². The van der Waals surface area contributed by atoms with Crippen molar-refractivity contribution in [2.45, 2.75) is 19.1 Å². The summed E-state index contributed by atoms with van der Waals surface area (Å²) in [5.74, 6) is 0. The molecule has 0 radical (unpaired) electrons. The van der Waals surface area contributed by atoms with E-state index in [1.54, 1.807) is 24.3 Å². The normalized spacial score (nSPS) is 13.5. The number of nitrogens with one attached hydrogen (secondary N) is 1. The Hall–Kier alpha value is -2.19. The molecule has 0 fully saturated rings. The van der Waals surface area contributed by atoms with E-state index in [0.717, 1.165) is 12.1 Å². The number of hydrogen-bond donors (Lipinski definition) is 2. The molecule has 0 saturated carbocycles. The van der Waals surface area contributed by atoms with Crippen LogP contribution < -0.4 is 5.32 Å². The minimum atomic E-state index is -0.585. The zero-order chi connectivity index (χ0) is 17.5. The molecule has 2 rings (SSSR count). The Bertz CT molecular complexity index is 672. The lowest BCUT2D eigenvalue weighted by atomic mass is 10.0. The highest BCUT2D eigenvalue weighted by Gasteiger charge is 2.15. The predicted molar refractivity (Wildman–Crippen MR) is 96.6 cm³/mol. The number of aliphatic hydroxyl groups is 1. The van der Waals surface area contributed by atoms with E-state index in [2.05, 4.69) is 61.6 Å². The summed E-state index contributed by atoms with van der Waals surface area (Å²) < 4.78 is 0. The second-order valence-electron chi connectivity index (χ2n) is 6.30. The minimum Gasteiger partial charge on any atom is -0.387 e. The first-order chi connectivity index (χ1) is 11.5. The molecule has 0 aromatic heterocycles. The van der Waals surface area contributed by atoms with E-state index in [-0.39, 0.29) is 6.04 Å². The van der Waals surface area contributed by atoms with Gasteiger partial charge in [0.25, 0.3) is 0 Å². The molecule has 0 saturated heterocycles. The Balaban J connectivity index is 1.92. The lowest BCUT2D eigenvalue weighted by Gasteiger charge is -2.26. The number of nitriles is 1. The second-order valence-corrected chi connectivity index (χ2v) is 6.30. The standard InChI is InChI=1S/C20H25N3O/c1-15-4-8-17(9-5-15)19(23(2)3)13-22-14-20(24)18-10-6-16(12-21)7-11-18/h4-11,19-20,22,24H,13-14H2,1-3H3. The molecule has 4 heteroatoms. The van der Waals surface area contributed by atoms with Crippen molar-refractivity contribution in [1.82, 2.24) is 10.2 Å². The summed E-state index contributed by atoms with van der Waals surface area (Å²) in [6.07, 6.45) is -0.585. The molecule has 0 spiro atoms. The van der Waals surface area contributed by atoms with E-state index in [1.807, 2.05) is 0 Å². The van der Waals surface area contributed by atoms with Gasteiger partial charge in [0.15, 0.2) is 0 Å². The largest absolute Gasteiger partial charge is 0.387 e. The smallest absolute Gasteiger partial charge is 0.0991 e. The summed E-state index contributed by atoms with van der Waals surface area (Å²) in [5, 5.41) is 22.5. The van der Waals surface area contributed by atoms with Gasteiger partial charge in [-0.1, -0.05) is 42.0 Å². The average molecular weight is 323 g/mol. The van der Waals surface area contributed by atoms with Gasteiger partial charge in [0.1, 0.15) is 0 Å². The number of nitrogens with zero attached hydrogens (tertiary/aromatic N) is 2. The van der Waals surface area contributed by atoms with E-state index in [9.17, 15) is 5.11 Å². The van der Waals surface area contributed by atoms with Gasteiger partial charge in [0, 0.05) is 19.1 Å². The first-order valence-corrected chi connectivity index (χ1v) is 8.13. The highest BCUT2D eigenvalue weighted by Crippen LogP contribution is 2.18. The van der Waals surface area contributed by atoms with Gasteiger partial charge in [-0.25, -0.2) is 0 Å². The van der Waals surface area contributed by atoms with Crippen LogP contribution in [0.5, 0.6) is 0 Å². The molecule has 2 N–H and O–H groups in total. The Labute approximate surface area is 144 Å². The Morgan fingerprint density at radius 2 is 1.58 bits per heavy atom. The minimum absolute atomic E-state index is 0.249. The van der Waals surface area contributed by atoms with E-state index in [1.165, 1.54) is 11.1 Å². The fourth-order valence-corrected chi connectivity index (χ4v) is 2.64. The summed E-state index contributed by atoms with van der Waals surface area (Å²) in [6, 6.07) is 17.9. The molecule has 2 unspecified atom stereocenters. The molecule has 24 heavy (non-hydrogen) atoms. The molecule has 0 aliphatic rings. The van der Waals surface area contributed by atoms with Crippen molar-refractivity contribution < 1.29 is 5.11 Å². The molecule has 2 atom stereocenters. The Morgan fingerprint density at radius 3 is 2.12 bits per heavy atom. The molecule has 0 bridgehead atoms. The maximum Gasteiger partial charge on any atom is 0.0991 e. The van der Waals surface area contributed by atoms with Crippen molar-refractivity contribution in [2.24, 2.45) is 0 Å². The summed E-state index contributed by atoms with van der Waals surface area (Å²) in [4.78, 5) is 2.17. The van der Waals surface area contributed by atoms with Gasteiger partial charge < -0.3 is 15.3 Å². The second kappa shape index (κ2) is 8.60.